The van der Waals surface area contributed by atoms with Crippen LogP contribution in [0.3, 0.4) is 0 Å². The molecule has 1 aromatic carbocycles. The first-order valence-corrected chi connectivity index (χ1v) is 8.14. The van der Waals surface area contributed by atoms with Crippen molar-refractivity contribution in [2.45, 2.75) is 56.9 Å². The summed E-state index contributed by atoms with van der Waals surface area (Å²) in [4.78, 5) is 11.2. The Morgan fingerprint density at radius 2 is 2.15 bits per heavy atom. The van der Waals surface area contributed by atoms with Gasteiger partial charge in [0.15, 0.2) is 0 Å². The number of carbonyl (C=O) groups is 1. The summed E-state index contributed by atoms with van der Waals surface area (Å²) < 4.78 is 6.08. The van der Waals surface area contributed by atoms with Gasteiger partial charge in [0.05, 0.1) is 0 Å². The quantitative estimate of drug-likeness (QED) is 0.447. The molecule has 1 unspecified atom stereocenters. The van der Waals surface area contributed by atoms with Crippen LogP contribution in [-0.2, 0) is 0 Å². The lowest BCUT2D eigenvalue weighted by Crippen LogP contribution is -2.25. The molecule has 0 amide bonds. The van der Waals surface area contributed by atoms with E-state index in [1.807, 2.05) is 6.07 Å². The number of alkyl halides is 1. The van der Waals surface area contributed by atoms with Gasteiger partial charge in [0, 0.05) is 9.89 Å². The maximum Gasteiger partial charge on any atom is 0.252 e. The number of rotatable bonds is 8. The Bertz CT molecular complexity index is 440. The van der Waals surface area contributed by atoms with Gasteiger partial charge in [-0.2, -0.15) is 0 Å². The van der Waals surface area contributed by atoms with Crippen molar-refractivity contribution >= 4 is 32.8 Å². The van der Waals surface area contributed by atoms with Gasteiger partial charge >= 0.3 is 0 Å². The summed E-state index contributed by atoms with van der Waals surface area (Å²) in [5.41, 5.74) is 0.469. The Morgan fingerprint density at radius 3 is 2.70 bits per heavy atom. The number of hydrogen-bond acceptors (Lipinski definition) is 2. The van der Waals surface area contributed by atoms with Crippen LogP contribution in [0.4, 0.5) is 0 Å². The molecule has 0 aliphatic carbocycles. The van der Waals surface area contributed by atoms with Crippen LogP contribution >= 0.6 is 27.5 Å². The van der Waals surface area contributed by atoms with Crippen LogP contribution in [0.5, 0.6) is 5.75 Å². The van der Waals surface area contributed by atoms with Gasteiger partial charge in [-0.05, 0) is 56.5 Å². The largest absolute Gasteiger partial charge is 0.490 e. The van der Waals surface area contributed by atoms with E-state index in [2.05, 4.69) is 36.7 Å². The first kappa shape index (κ1) is 17.5. The van der Waals surface area contributed by atoms with Crippen LogP contribution < -0.4 is 4.74 Å². The van der Waals surface area contributed by atoms with E-state index in [9.17, 15) is 4.79 Å². The highest BCUT2D eigenvalue weighted by atomic mass is 79.9. The molecule has 4 heteroatoms. The van der Waals surface area contributed by atoms with E-state index >= 15 is 0 Å². The number of halogens is 2. The van der Waals surface area contributed by atoms with Crippen molar-refractivity contribution in [3.05, 3.63) is 29.8 Å². The lowest BCUT2D eigenvalue weighted by molar-refractivity contribution is 0.108. The third kappa shape index (κ3) is 6.76. The Hall–Kier alpha value is -0.540. The summed E-state index contributed by atoms with van der Waals surface area (Å²) in [6.45, 7) is 6.44. The van der Waals surface area contributed by atoms with Crippen LogP contribution in [0.1, 0.15) is 56.8 Å². The molecule has 0 saturated heterocycles. The second kappa shape index (κ2) is 8.04. The molecule has 20 heavy (non-hydrogen) atoms. The summed E-state index contributed by atoms with van der Waals surface area (Å²) in [6, 6.07) is 7.05. The predicted octanol–water partition coefficient (Wildman–Crippen LogP) is 5.57. The molecule has 0 aromatic heterocycles. The minimum absolute atomic E-state index is 0.0331. The summed E-state index contributed by atoms with van der Waals surface area (Å²) in [6.07, 6.45) is 4.31. The van der Waals surface area contributed by atoms with E-state index in [0.29, 0.717) is 11.3 Å². The van der Waals surface area contributed by atoms with E-state index in [-0.39, 0.29) is 10.4 Å². The third-order valence-corrected chi connectivity index (χ3v) is 3.50. The molecule has 1 atom stereocenters. The Labute approximate surface area is 135 Å². The normalized spacial score (nSPS) is 13.1. The van der Waals surface area contributed by atoms with Crippen LogP contribution in [0, 0.1) is 0 Å². The van der Waals surface area contributed by atoms with Crippen LogP contribution in [0.15, 0.2) is 24.3 Å². The zero-order valence-corrected chi connectivity index (χ0v) is 14.6. The second-order valence-electron chi connectivity index (χ2n) is 5.61. The highest BCUT2D eigenvalue weighted by molar-refractivity contribution is 9.10. The highest BCUT2D eigenvalue weighted by Gasteiger charge is 2.21. The molecule has 0 N–H and O–H groups in total. The van der Waals surface area contributed by atoms with Gasteiger partial charge < -0.3 is 4.74 Å². The number of hydrogen-bond donors (Lipinski definition) is 0. The molecule has 0 bridgehead atoms. The summed E-state index contributed by atoms with van der Waals surface area (Å²) in [5, 5.41) is -0.457. The van der Waals surface area contributed by atoms with Crippen LogP contribution in [0.25, 0.3) is 0 Å². The fourth-order valence-electron chi connectivity index (χ4n) is 2.06. The van der Waals surface area contributed by atoms with E-state index in [4.69, 9.17) is 16.3 Å². The van der Waals surface area contributed by atoms with Gasteiger partial charge in [-0.3, -0.25) is 4.79 Å². The third-order valence-electron chi connectivity index (χ3n) is 2.96. The molecule has 1 rings (SSSR count). The lowest BCUT2D eigenvalue weighted by Gasteiger charge is -2.25. The average molecular weight is 362 g/mol. The van der Waals surface area contributed by atoms with E-state index < -0.39 is 5.24 Å². The van der Waals surface area contributed by atoms with Gasteiger partial charge in [-0.25, -0.2) is 0 Å². The smallest absolute Gasteiger partial charge is 0.252 e. The Kier molecular flexibility index (Phi) is 7.04. The SMILES string of the molecule is CCCCC(CC(C)(C)Br)Oc1cccc(C(=O)Cl)c1. The molecule has 1 aromatic rings. The minimum atomic E-state index is -0.457. The average Bonchev–Trinajstić information content (AvgIpc) is 2.34. The number of ether oxygens (including phenoxy) is 1. The standard InChI is InChI=1S/C16H22BrClO2/c1-4-5-8-14(11-16(2,3)17)20-13-9-6-7-12(10-13)15(18)19/h6-7,9-10,14H,4-5,8,11H2,1-3H3. The van der Waals surface area contributed by atoms with Crippen molar-refractivity contribution in [3.8, 4) is 5.75 Å². The van der Waals surface area contributed by atoms with E-state index in [0.717, 1.165) is 25.7 Å². The number of carbonyl (C=O) groups excluding carboxylic acids is 1. The van der Waals surface area contributed by atoms with Gasteiger partial charge in [-0.15, -0.1) is 0 Å². The van der Waals surface area contributed by atoms with Crippen molar-refractivity contribution in [2.24, 2.45) is 0 Å². The predicted molar refractivity (Wildman–Crippen MR) is 88.2 cm³/mol. The van der Waals surface area contributed by atoms with Gasteiger partial charge in [0.1, 0.15) is 11.9 Å². The van der Waals surface area contributed by atoms with Crippen molar-refractivity contribution < 1.29 is 9.53 Å². The van der Waals surface area contributed by atoms with Gasteiger partial charge in [0.2, 0.25) is 0 Å². The van der Waals surface area contributed by atoms with Crippen LogP contribution in [0.2, 0.25) is 0 Å². The maximum absolute atomic E-state index is 11.2. The van der Waals surface area contributed by atoms with Crippen molar-refractivity contribution in [1.82, 2.24) is 0 Å². The molecule has 0 radical (unpaired) electrons. The van der Waals surface area contributed by atoms with Crippen molar-refractivity contribution in [3.63, 3.8) is 0 Å². The monoisotopic (exact) mass is 360 g/mol. The number of benzene rings is 1. The van der Waals surface area contributed by atoms with Crippen molar-refractivity contribution in [1.29, 1.82) is 0 Å². The number of unbranched alkanes of at least 4 members (excludes halogenated alkanes) is 1. The van der Waals surface area contributed by atoms with E-state index in [1.165, 1.54) is 0 Å². The Morgan fingerprint density at radius 1 is 1.45 bits per heavy atom. The topological polar surface area (TPSA) is 26.3 Å². The molecule has 0 heterocycles. The summed E-state index contributed by atoms with van der Waals surface area (Å²) in [7, 11) is 0. The van der Waals surface area contributed by atoms with Crippen LogP contribution in [-0.4, -0.2) is 15.7 Å². The minimum Gasteiger partial charge on any atom is -0.490 e. The fraction of sp³-hybridized carbons (Fsp3) is 0.562. The molecule has 112 valence electrons. The molecular weight excluding hydrogens is 340 g/mol. The van der Waals surface area contributed by atoms with Gasteiger partial charge in [0.25, 0.3) is 5.24 Å². The summed E-state index contributed by atoms with van der Waals surface area (Å²) >= 11 is 9.17. The van der Waals surface area contributed by atoms with Crippen molar-refractivity contribution in [2.75, 3.05) is 0 Å². The highest BCUT2D eigenvalue weighted by Crippen LogP contribution is 2.27. The second-order valence-corrected chi connectivity index (χ2v) is 8.10. The molecule has 0 saturated carbocycles. The zero-order valence-electron chi connectivity index (χ0n) is 12.3. The molecule has 0 aliphatic rings. The van der Waals surface area contributed by atoms with E-state index in [1.54, 1.807) is 18.2 Å². The fourth-order valence-corrected chi connectivity index (χ4v) is 2.54. The molecule has 0 aliphatic heterocycles. The molecule has 2 nitrogen and oxygen atoms in total. The molecule has 0 fully saturated rings. The Balaban J connectivity index is 2.77. The summed E-state index contributed by atoms with van der Waals surface area (Å²) in [5.74, 6) is 0.703. The zero-order chi connectivity index (χ0) is 15.2. The molecular formula is C16H22BrClO2. The maximum atomic E-state index is 11.2. The first-order valence-electron chi connectivity index (χ1n) is 6.97. The first-order chi connectivity index (χ1) is 9.31. The lowest BCUT2D eigenvalue weighted by atomic mass is 10.0. The van der Waals surface area contributed by atoms with Gasteiger partial charge in [-0.1, -0.05) is 41.8 Å². The molecule has 0 spiro atoms.